The first-order chi connectivity index (χ1) is 9.75. The van der Waals surface area contributed by atoms with Gasteiger partial charge in [0, 0.05) is 40.4 Å². The minimum atomic E-state index is -0.958. The molecule has 3 heterocycles. The number of hydrogen-bond donors (Lipinski definition) is 1. The number of nitrogens with zero attached hydrogens (tertiary/aromatic N) is 2. The molecule has 1 aromatic rings. The second kappa shape index (κ2) is 4.18. The second-order valence-corrected chi connectivity index (χ2v) is 5.88. The van der Waals surface area contributed by atoms with Gasteiger partial charge in [-0.15, -0.1) is 11.8 Å². The number of thioether (sulfide) groups is 1. The van der Waals surface area contributed by atoms with E-state index in [1.165, 1.54) is 15.5 Å². The molecule has 1 unspecified atom stereocenters. The lowest BCUT2D eigenvalue weighted by molar-refractivity contribution is 0.175. The van der Waals surface area contributed by atoms with Gasteiger partial charge in [-0.1, -0.05) is 18.2 Å². The SMILES string of the molecule is O=C(O)N1C=CC2C(=C1)c1cccc3c1N2C=CCS3. The third-order valence-corrected chi connectivity index (χ3v) is 4.72. The fourth-order valence-corrected chi connectivity index (χ4v) is 3.77. The lowest BCUT2D eigenvalue weighted by atomic mass is 10.0. The van der Waals surface area contributed by atoms with Crippen molar-refractivity contribution in [1.29, 1.82) is 0 Å². The fourth-order valence-electron chi connectivity index (χ4n) is 2.88. The summed E-state index contributed by atoms with van der Waals surface area (Å²) in [6.45, 7) is 0. The van der Waals surface area contributed by atoms with Gasteiger partial charge in [-0.3, -0.25) is 4.90 Å². The van der Waals surface area contributed by atoms with Crippen molar-refractivity contribution in [3.05, 3.63) is 54.5 Å². The molecule has 5 heteroatoms. The van der Waals surface area contributed by atoms with E-state index in [0.717, 1.165) is 16.9 Å². The molecule has 4 nitrogen and oxygen atoms in total. The Labute approximate surface area is 120 Å². The molecular formula is C15H12N2O2S. The molecule has 0 aromatic heterocycles. The summed E-state index contributed by atoms with van der Waals surface area (Å²) in [5.41, 5.74) is 3.36. The highest BCUT2D eigenvalue weighted by atomic mass is 32.2. The fraction of sp³-hybridized carbons (Fsp3) is 0.133. The van der Waals surface area contributed by atoms with Crippen molar-refractivity contribution in [3.63, 3.8) is 0 Å². The van der Waals surface area contributed by atoms with E-state index in [1.807, 2.05) is 23.9 Å². The van der Waals surface area contributed by atoms with E-state index in [2.05, 4.69) is 29.3 Å². The number of para-hydroxylation sites is 1. The van der Waals surface area contributed by atoms with E-state index >= 15 is 0 Å². The van der Waals surface area contributed by atoms with Gasteiger partial charge in [-0.2, -0.15) is 0 Å². The number of carbonyl (C=O) groups is 1. The molecule has 0 bridgehead atoms. The molecule has 1 atom stereocenters. The summed E-state index contributed by atoms with van der Waals surface area (Å²) in [6.07, 6.45) is 8.57. The summed E-state index contributed by atoms with van der Waals surface area (Å²) in [4.78, 5) is 15.8. The van der Waals surface area contributed by atoms with Crippen LogP contribution in [0.1, 0.15) is 5.56 Å². The van der Waals surface area contributed by atoms with E-state index in [1.54, 1.807) is 12.4 Å². The lowest BCUT2D eigenvalue weighted by Crippen LogP contribution is -2.29. The normalized spacial score (nSPS) is 22.2. The molecule has 0 radical (unpaired) electrons. The number of amides is 1. The third kappa shape index (κ3) is 1.53. The van der Waals surface area contributed by atoms with Gasteiger partial charge in [0.2, 0.25) is 0 Å². The van der Waals surface area contributed by atoms with Crippen LogP contribution in [0.5, 0.6) is 0 Å². The number of rotatable bonds is 0. The molecule has 4 rings (SSSR count). The quantitative estimate of drug-likeness (QED) is 0.793. The predicted molar refractivity (Wildman–Crippen MR) is 79.6 cm³/mol. The Bertz CT molecular complexity index is 693. The average molecular weight is 284 g/mol. The smallest absolute Gasteiger partial charge is 0.415 e. The van der Waals surface area contributed by atoms with Crippen LogP contribution in [0.2, 0.25) is 0 Å². The maximum atomic E-state index is 11.1. The number of anilines is 1. The maximum absolute atomic E-state index is 11.1. The number of benzene rings is 1. The molecule has 3 aliphatic heterocycles. The van der Waals surface area contributed by atoms with Gasteiger partial charge in [0.1, 0.15) is 0 Å². The Kier molecular flexibility index (Phi) is 2.44. The van der Waals surface area contributed by atoms with Gasteiger partial charge in [0.15, 0.2) is 0 Å². The van der Waals surface area contributed by atoms with E-state index in [4.69, 9.17) is 5.11 Å². The molecule has 0 spiro atoms. The Morgan fingerprint density at radius 2 is 2.25 bits per heavy atom. The van der Waals surface area contributed by atoms with Crippen LogP contribution in [0, 0.1) is 0 Å². The largest absolute Gasteiger partial charge is 0.464 e. The topological polar surface area (TPSA) is 43.8 Å². The van der Waals surface area contributed by atoms with E-state index in [-0.39, 0.29) is 6.04 Å². The van der Waals surface area contributed by atoms with E-state index in [9.17, 15) is 4.79 Å². The summed E-state index contributed by atoms with van der Waals surface area (Å²) in [7, 11) is 0. The van der Waals surface area contributed by atoms with Crippen molar-refractivity contribution in [2.45, 2.75) is 10.9 Å². The summed E-state index contributed by atoms with van der Waals surface area (Å²) in [6, 6.07) is 6.32. The molecular weight excluding hydrogens is 272 g/mol. The van der Waals surface area contributed by atoms with Crippen LogP contribution >= 0.6 is 11.8 Å². The van der Waals surface area contributed by atoms with Gasteiger partial charge < -0.3 is 10.0 Å². The molecule has 1 aromatic carbocycles. The summed E-state index contributed by atoms with van der Waals surface area (Å²) in [5, 5.41) is 9.14. The first kappa shape index (κ1) is 11.7. The monoisotopic (exact) mass is 284 g/mol. The molecule has 20 heavy (non-hydrogen) atoms. The van der Waals surface area contributed by atoms with Gasteiger partial charge in [-0.05, 0) is 12.1 Å². The van der Waals surface area contributed by atoms with Crippen LogP contribution in [0.4, 0.5) is 10.5 Å². The molecule has 0 saturated heterocycles. The molecule has 100 valence electrons. The van der Waals surface area contributed by atoms with E-state index < -0.39 is 6.09 Å². The maximum Gasteiger partial charge on any atom is 0.415 e. The molecule has 0 fully saturated rings. The lowest BCUT2D eigenvalue weighted by Gasteiger charge is -2.25. The number of hydrogen-bond acceptors (Lipinski definition) is 3. The van der Waals surface area contributed by atoms with Crippen molar-refractivity contribution >= 4 is 29.1 Å². The van der Waals surface area contributed by atoms with Crippen molar-refractivity contribution in [2.24, 2.45) is 0 Å². The Hall–Kier alpha value is -2.14. The molecule has 3 aliphatic rings. The zero-order chi connectivity index (χ0) is 13.7. The molecule has 1 N–H and O–H groups in total. The number of carboxylic acid groups (broad SMARTS) is 1. The van der Waals surface area contributed by atoms with E-state index in [0.29, 0.717) is 0 Å². The molecule has 1 amide bonds. The predicted octanol–water partition coefficient (Wildman–Crippen LogP) is 3.34. The number of fused-ring (bicyclic) bond motifs is 3. The van der Waals surface area contributed by atoms with Crippen molar-refractivity contribution in [2.75, 3.05) is 10.7 Å². The van der Waals surface area contributed by atoms with Gasteiger partial charge >= 0.3 is 6.09 Å². The van der Waals surface area contributed by atoms with Crippen molar-refractivity contribution < 1.29 is 9.90 Å². The van der Waals surface area contributed by atoms with Crippen LogP contribution in [0.3, 0.4) is 0 Å². The molecule has 0 saturated carbocycles. The average Bonchev–Trinajstić information content (AvgIpc) is 2.63. The van der Waals surface area contributed by atoms with Crippen LogP contribution in [-0.4, -0.2) is 27.9 Å². The molecule has 0 aliphatic carbocycles. The highest BCUT2D eigenvalue weighted by Gasteiger charge is 2.36. The summed E-state index contributed by atoms with van der Waals surface area (Å²) < 4.78 is 0. The minimum absolute atomic E-state index is 0.0942. The summed E-state index contributed by atoms with van der Waals surface area (Å²) in [5.74, 6) is 0.962. The highest BCUT2D eigenvalue weighted by Crippen LogP contribution is 2.48. The minimum Gasteiger partial charge on any atom is -0.464 e. The van der Waals surface area contributed by atoms with Crippen molar-refractivity contribution in [3.8, 4) is 0 Å². The van der Waals surface area contributed by atoms with Gasteiger partial charge in [0.25, 0.3) is 0 Å². The van der Waals surface area contributed by atoms with Gasteiger partial charge in [0.05, 0.1) is 11.7 Å². The first-order valence-corrected chi connectivity index (χ1v) is 7.37. The second-order valence-electron chi connectivity index (χ2n) is 4.82. The van der Waals surface area contributed by atoms with Crippen LogP contribution < -0.4 is 4.90 Å². The first-order valence-electron chi connectivity index (χ1n) is 6.38. The standard InChI is InChI=1S/C15H12N2O2S/c18-15(19)16-7-5-12-11(9-16)10-3-1-4-13-14(10)17(12)6-2-8-20-13/h1-7,9,12H,8H2,(H,18,19). The zero-order valence-electron chi connectivity index (χ0n) is 10.6. The Morgan fingerprint density at radius 3 is 3.10 bits per heavy atom. The van der Waals surface area contributed by atoms with Gasteiger partial charge in [-0.25, -0.2) is 4.79 Å². The van der Waals surface area contributed by atoms with Crippen LogP contribution in [0.15, 0.2) is 53.8 Å². The van der Waals surface area contributed by atoms with Crippen LogP contribution in [0.25, 0.3) is 5.57 Å². The summed E-state index contributed by atoms with van der Waals surface area (Å²) >= 11 is 1.81. The highest BCUT2D eigenvalue weighted by molar-refractivity contribution is 7.99. The Balaban J connectivity index is 1.92. The Morgan fingerprint density at radius 1 is 1.35 bits per heavy atom. The van der Waals surface area contributed by atoms with Crippen LogP contribution in [-0.2, 0) is 0 Å². The zero-order valence-corrected chi connectivity index (χ0v) is 11.4. The van der Waals surface area contributed by atoms with Crippen molar-refractivity contribution in [1.82, 2.24) is 4.90 Å². The third-order valence-electron chi connectivity index (χ3n) is 3.72.